The third-order valence-electron chi connectivity index (χ3n) is 3.70. The maximum Gasteiger partial charge on any atom is 0.291 e. The average molecular weight is 370 g/mol. The second kappa shape index (κ2) is 6.31. The number of thiazole rings is 1. The Bertz CT molecular complexity index is 1170. The van der Waals surface area contributed by atoms with Crippen LogP contribution in [-0.2, 0) is 0 Å². The second-order valence-electron chi connectivity index (χ2n) is 5.30. The van der Waals surface area contributed by atoms with Crippen LogP contribution in [0.5, 0.6) is 5.75 Å². The Morgan fingerprint density at radius 2 is 1.92 bits per heavy atom. The van der Waals surface area contributed by atoms with Crippen molar-refractivity contribution in [2.24, 2.45) is 0 Å². The molecule has 0 fully saturated rings. The lowest BCUT2D eigenvalue weighted by Gasteiger charge is -2.03. The van der Waals surface area contributed by atoms with Gasteiger partial charge in [0.25, 0.3) is 5.56 Å². The van der Waals surface area contributed by atoms with E-state index < -0.39 is 0 Å². The molecule has 5 nitrogen and oxygen atoms in total. The molecular formula is C18H12ClN3O2S. The van der Waals surface area contributed by atoms with Gasteiger partial charge in [-0.15, -0.1) is 5.10 Å². The molecule has 0 saturated heterocycles. The van der Waals surface area contributed by atoms with Gasteiger partial charge in [0.1, 0.15) is 5.75 Å². The number of aromatic nitrogens is 3. The summed E-state index contributed by atoms with van der Waals surface area (Å²) >= 11 is 7.19. The molecule has 25 heavy (non-hydrogen) atoms. The number of nitrogens with zero attached hydrogens (tertiary/aromatic N) is 3. The molecule has 0 amide bonds. The molecule has 4 rings (SSSR count). The van der Waals surface area contributed by atoms with E-state index >= 15 is 0 Å². The lowest BCUT2D eigenvalue weighted by molar-refractivity contribution is 0.416. The number of benzene rings is 2. The van der Waals surface area contributed by atoms with Gasteiger partial charge in [0.15, 0.2) is 5.82 Å². The largest absolute Gasteiger partial charge is 0.496 e. The molecule has 2 heterocycles. The van der Waals surface area contributed by atoms with E-state index in [1.54, 1.807) is 19.2 Å². The van der Waals surface area contributed by atoms with Crippen LogP contribution < -0.4 is 14.8 Å². The van der Waals surface area contributed by atoms with Crippen molar-refractivity contribution in [2.75, 3.05) is 7.11 Å². The standard InChI is InChI=1S/C18H12ClN3O2S/c1-24-14-5-3-2-4-13(14)16-20-18-22(21-16)17(23)15(25-18)10-11-6-8-12(19)9-7-11/h2-10H,1H3/b15-10+. The Balaban J connectivity index is 1.82. The summed E-state index contributed by atoms with van der Waals surface area (Å²) in [7, 11) is 1.59. The summed E-state index contributed by atoms with van der Waals surface area (Å²) in [6.07, 6.45) is 1.81. The van der Waals surface area contributed by atoms with Crippen molar-refractivity contribution in [3.05, 3.63) is 74.0 Å². The fourth-order valence-electron chi connectivity index (χ4n) is 2.49. The summed E-state index contributed by atoms with van der Waals surface area (Å²) in [5, 5.41) is 5.01. The van der Waals surface area contributed by atoms with Gasteiger partial charge in [0.2, 0.25) is 4.96 Å². The van der Waals surface area contributed by atoms with E-state index in [2.05, 4.69) is 10.1 Å². The maximum atomic E-state index is 12.6. The number of para-hydroxylation sites is 1. The first-order valence-corrected chi connectivity index (χ1v) is 8.65. The van der Waals surface area contributed by atoms with Crippen LogP contribution in [0, 0.1) is 0 Å². The van der Waals surface area contributed by atoms with Crippen molar-refractivity contribution in [1.29, 1.82) is 0 Å². The first-order valence-electron chi connectivity index (χ1n) is 7.46. The van der Waals surface area contributed by atoms with Crippen molar-refractivity contribution in [2.45, 2.75) is 0 Å². The number of fused-ring (bicyclic) bond motifs is 1. The van der Waals surface area contributed by atoms with E-state index in [1.165, 1.54) is 15.9 Å². The fraction of sp³-hybridized carbons (Fsp3) is 0.0556. The SMILES string of the molecule is COc1ccccc1-c1nc2s/c(=C/c3ccc(Cl)cc3)c(=O)n2n1. The van der Waals surface area contributed by atoms with Gasteiger partial charge in [-0.05, 0) is 35.9 Å². The predicted octanol–water partition coefficient (Wildman–Crippen LogP) is 3.03. The minimum atomic E-state index is -0.191. The highest BCUT2D eigenvalue weighted by Gasteiger charge is 2.14. The third-order valence-corrected chi connectivity index (χ3v) is 4.91. The van der Waals surface area contributed by atoms with Gasteiger partial charge in [0.05, 0.1) is 17.2 Å². The van der Waals surface area contributed by atoms with Gasteiger partial charge >= 0.3 is 0 Å². The molecule has 4 aromatic rings. The summed E-state index contributed by atoms with van der Waals surface area (Å²) in [5.74, 6) is 1.14. The summed E-state index contributed by atoms with van der Waals surface area (Å²) < 4.78 is 7.23. The van der Waals surface area contributed by atoms with E-state index in [0.29, 0.717) is 26.1 Å². The van der Waals surface area contributed by atoms with E-state index in [9.17, 15) is 4.79 Å². The minimum Gasteiger partial charge on any atom is -0.496 e. The van der Waals surface area contributed by atoms with Gasteiger partial charge in [-0.3, -0.25) is 4.79 Å². The zero-order chi connectivity index (χ0) is 17.4. The highest BCUT2D eigenvalue weighted by molar-refractivity contribution is 7.15. The van der Waals surface area contributed by atoms with E-state index in [-0.39, 0.29) is 5.56 Å². The predicted molar refractivity (Wildman–Crippen MR) is 99.4 cm³/mol. The number of ether oxygens (including phenoxy) is 1. The Labute approximate surface area is 151 Å². The molecule has 0 aliphatic heterocycles. The van der Waals surface area contributed by atoms with E-state index in [4.69, 9.17) is 16.3 Å². The molecule has 0 saturated carbocycles. The highest BCUT2D eigenvalue weighted by atomic mass is 35.5. The van der Waals surface area contributed by atoms with Gasteiger partial charge in [-0.25, -0.2) is 0 Å². The normalized spacial score (nSPS) is 12.0. The lowest BCUT2D eigenvalue weighted by Crippen LogP contribution is -2.23. The summed E-state index contributed by atoms with van der Waals surface area (Å²) in [6, 6.07) is 14.7. The molecule has 2 aromatic heterocycles. The Hall–Kier alpha value is -2.70. The van der Waals surface area contributed by atoms with Gasteiger partial charge in [0, 0.05) is 5.02 Å². The van der Waals surface area contributed by atoms with Crippen LogP contribution in [0.2, 0.25) is 5.02 Å². The number of methoxy groups -OCH3 is 1. The Kier molecular flexibility index (Phi) is 3.99. The molecule has 2 aromatic carbocycles. The maximum absolute atomic E-state index is 12.6. The lowest BCUT2D eigenvalue weighted by atomic mass is 10.2. The Morgan fingerprint density at radius 1 is 1.16 bits per heavy atom. The smallest absolute Gasteiger partial charge is 0.291 e. The summed E-state index contributed by atoms with van der Waals surface area (Å²) in [4.78, 5) is 17.6. The van der Waals surface area contributed by atoms with Crippen LogP contribution in [0.4, 0.5) is 0 Å². The molecule has 0 unspecified atom stereocenters. The zero-order valence-corrected chi connectivity index (χ0v) is 14.7. The second-order valence-corrected chi connectivity index (χ2v) is 6.74. The first kappa shape index (κ1) is 15.8. The van der Waals surface area contributed by atoms with E-state index in [1.807, 2.05) is 42.5 Å². The van der Waals surface area contributed by atoms with Crippen LogP contribution >= 0.6 is 22.9 Å². The van der Waals surface area contributed by atoms with Gasteiger partial charge in [-0.2, -0.15) is 9.50 Å². The fourth-order valence-corrected chi connectivity index (χ4v) is 3.52. The van der Waals surface area contributed by atoms with Crippen molar-refractivity contribution in [3.8, 4) is 17.1 Å². The summed E-state index contributed by atoms with van der Waals surface area (Å²) in [5.41, 5.74) is 1.46. The van der Waals surface area contributed by atoms with Crippen molar-refractivity contribution in [1.82, 2.24) is 14.6 Å². The number of rotatable bonds is 3. The quantitative estimate of drug-likeness (QED) is 0.557. The van der Waals surface area contributed by atoms with Crippen LogP contribution in [0.25, 0.3) is 22.4 Å². The van der Waals surface area contributed by atoms with Crippen LogP contribution in [-0.4, -0.2) is 21.7 Å². The van der Waals surface area contributed by atoms with E-state index in [0.717, 1.165) is 11.1 Å². The molecule has 0 spiro atoms. The molecule has 0 radical (unpaired) electrons. The average Bonchev–Trinajstić information content (AvgIpc) is 3.17. The molecule has 0 aliphatic rings. The Morgan fingerprint density at radius 3 is 2.64 bits per heavy atom. The molecule has 7 heteroatoms. The van der Waals surface area contributed by atoms with Crippen molar-refractivity contribution in [3.63, 3.8) is 0 Å². The highest BCUT2D eigenvalue weighted by Crippen LogP contribution is 2.27. The van der Waals surface area contributed by atoms with Gasteiger partial charge < -0.3 is 4.74 Å². The topological polar surface area (TPSA) is 56.5 Å². The summed E-state index contributed by atoms with van der Waals surface area (Å²) in [6.45, 7) is 0. The van der Waals surface area contributed by atoms with Crippen LogP contribution in [0.1, 0.15) is 5.56 Å². The molecule has 0 atom stereocenters. The monoisotopic (exact) mass is 369 g/mol. The first-order chi connectivity index (χ1) is 12.2. The van der Waals surface area contributed by atoms with Crippen LogP contribution in [0.3, 0.4) is 0 Å². The number of hydrogen-bond acceptors (Lipinski definition) is 5. The number of halogens is 1. The molecule has 124 valence electrons. The van der Waals surface area contributed by atoms with Gasteiger partial charge in [-0.1, -0.05) is 47.2 Å². The van der Waals surface area contributed by atoms with Crippen LogP contribution in [0.15, 0.2) is 53.3 Å². The van der Waals surface area contributed by atoms with Crippen molar-refractivity contribution >= 4 is 34.0 Å². The van der Waals surface area contributed by atoms with Crippen molar-refractivity contribution < 1.29 is 4.74 Å². The molecule has 0 bridgehead atoms. The number of hydrogen-bond donors (Lipinski definition) is 0. The molecule has 0 N–H and O–H groups in total. The third kappa shape index (κ3) is 2.90. The zero-order valence-electron chi connectivity index (χ0n) is 13.1. The minimum absolute atomic E-state index is 0.191. The molecular weight excluding hydrogens is 358 g/mol. The molecule has 0 aliphatic carbocycles.